The van der Waals surface area contributed by atoms with Crippen molar-refractivity contribution in [2.24, 2.45) is 0 Å². The number of aromatic amines is 1. The van der Waals surface area contributed by atoms with Gasteiger partial charge in [0.05, 0.1) is 0 Å². The molecule has 1 amide bonds. The Morgan fingerprint density at radius 2 is 2.20 bits per heavy atom. The molecule has 1 fully saturated rings. The zero-order valence-corrected chi connectivity index (χ0v) is 12.0. The van der Waals surface area contributed by atoms with Crippen molar-refractivity contribution in [1.82, 2.24) is 14.9 Å². The van der Waals surface area contributed by atoms with E-state index >= 15 is 0 Å². The molecule has 5 heteroatoms. The van der Waals surface area contributed by atoms with Gasteiger partial charge in [-0.3, -0.25) is 0 Å². The largest absolute Gasteiger partial charge is 0.444 e. The Morgan fingerprint density at radius 3 is 2.90 bits per heavy atom. The van der Waals surface area contributed by atoms with E-state index < -0.39 is 5.60 Å². The molecule has 0 saturated carbocycles. The van der Waals surface area contributed by atoms with Gasteiger partial charge in [0.1, 0.15) is 11.2 Å². The Bertz CT molecular complexity index is 636. The second-order valence-electron chi connectivity index (χ2n) is 6.27. The van der Waals surface area contributed by atoms with Crippen molar-refractivity contribution in [3.8, 4) is 0 Å². The number of likely N-dealkylation sites (tertiary alicyclic amines) is 1. The average Bonchev–Trinajstić information content (AvgIpc) is 2.71. The molecule has 3 rings (SSSR count). The quantitative estimate of drug-likeness (QED) is 0.869. The molecule has 0 aromatic carbocycles. The molecule has 3 heterocycles. The molecule has 106 valence electrons. The topological polar surface area (TPSA) is 58.2 Å². The summed E-state index contributed by atoms with van der Waals surface area (Å²) in [6.07, 6.45) is 3.54. The van der Waals surface area contributed by atoms with Crippen LogP contribution in [0.5, 0.6) is 0 Å². The molecule has 20 heavy (non-hydrogen) atoms. The number of ether oxygens (including phenoxy) is 1. The molecule has 1 aliphatic heterocycles. The molecule has 0 radical (unpaired) electrons. The van der Waals surface area contributed by atoms with Crippen molar-refractivity contribution in [3.63, 3.8) is 0 Å². The third-order valence-electron chi connectivity index (χ3n) is 3.43. The monoisotopic (exact) mass is 273 g/mol. The molecule has 1 saturated heterocycles. The summed E-state index contributed by atoms with van der Waals surface area (Å²) in [5.41, 5.74) is 1.64. The molecule has 0 bridgehead atoms. The van der Waals surface area contributed by atoms with Crippen molar-refractivity contribution in [3.05, 3.63) is 30.1 Å². The number of hydrogen-bond acceptors (Lipinski definition) is 3. The maximum absolute atomic E-state index is 11.9. The van der Waals surface area contributed by atoms with Crippen LogP contribution in [-0.4, -0.2) is 39.7 Å². The minimum absolute atomic E-state index is 0.232. The van der Waals surface area contributed by atoms with Crippen LogP contribution in [0.1, 0.15) is 32.3 Å². The Labute approximate surface area is 117 Å². The normalized spacial score (nSPS) is 16.2. The van der Waals surface area contributed by atoms with Gasteiger partial charge in [0.25, 0.3) is 0 Å². The number of aromatic nitrogens is 2. The molecule has 5 nitrogen and oxygen atoms in total. The van der Waals surface area contributed by atoms with Gasteiger partial charge in [-0.2, -0.15) is 0 Å². The van der Waals surface area contributed by atoms with Crippen LogP contribution in [0.3, 0.4) is 0 Å². The summed E-state index contributed by atoms with van der Waals surface area (Å²) < 4.78 is 5.35. The van der Waals surface area contributed by atoms with Crippen molar-refractivity contribution in [2.45, 2.75) is 32.3 Å². The molecule has 1 aliphatic rings. The first-order chi connectivity index (χ1) is 9.42. The van der Waals surface area contributed by atoms with Gasteiger partial charge >= 0.3 is 6.09 Å². The summed E-state index contributed by atoms with van der Waals surface area (Å²) in [7, 11) is 0. The van der Waals surface area contributed by atoms with Crippen LogP contribution < -0.4 is 0 Å². The number of amides is 1. The third-order valence-corrected chi connectivity index (χ3v) is 3.43. The standard InChI is InChI=1S/C15H19N3O2/c1-15(2,3)20-14(19)18-8-12(9-18)11-6-10-4-5-16-13(10)17-7-11/h4-7,12H,8-9H2,1-3H3,(H,16,17). The first kappa shape index (κ1) is 13.0. The Morgan fingerprint density at radius 1 is 1.45 bits per heavy atom. The summed E-state index contributed by atoms with van der Waals surface area (Å²) in [5, 5.41) is 1.11. The number of carbonyl (C=O) groups excluding carboxylic acids is 1. The van der Waals surface area contributed by atoms with E-state index in [4.69, 9.17) is 4.74 Å². The van der Waals surface area contributed by atoms with E-state index in [1.165, 1.54) is 5.56 Å². The molecular formula is C15H19N3O2. The fourth-order valence-corrected chi connectivity index (χ4v) is 2.35. The van der Waals surface area contributed by atoms with Gasteiger partial charge in [0.15, 0.2) is 0 Å². The molecule has 0 spiro atoms. The van der Waals surface area contributed by atoms with Crippen LogP contribution in [0.15, 0.2) is 24.5 Å². The van der Waals surface area contributed by atoms with E-state index in [2.05, 4.69) is 16.0 Å². The number of hydrogen-bond donors (Lipinski definition) is 1. The summed E-state index contributed by atoms with van der Waals surface area (Å²) >= 11 is 0. The molecule has 0 aliphatic carbocycles. The molecule has 1 N–H and O–H groups in total. The number of H-pyrrole nitrogens is 1. The lowest BCUT2D eigenvalue weighted by Gasteiger charge is -2.39. The van der Waals surface area contributed by atoms with E-state index in [1.807, 2.05) is 39.2 Å². The van der Waals surface area contributed by atoms with E-state index in [0.717, 1.165) is 11.0 Å². The van der Waals surface area contributed by atoms with Crippen molar-refractivity contribution >= 4 is 17.1 Å². The highest BCUT2D eigenvalue weighted by Crippen LogP contribution is 2.29. The maximum Gasteiger partial charge on any atom is 0.410 e. The zero-order chi connectivity index (χ0) is 14.3. The lowest BCUT2D eigenvalue weighted by atomic mass is 9.93. The molecule has 2 aromatic heterocycles. The minimum atomic E-state index is -0.437. The highest BCUT2D eigenvalue weighted by atomic mass is 16.6. The van der Waals surface area contributed by atoms with Gasteiger partial charge in [0.2, 0.25) is 0 Å². The smallest absolute Gasteiger partial charge is 0.410 e. The van der Waals surface area contributed by atoms with Crippen LogP contribution >= 0.6 is 0 Å². The van der Waals surface area contributed by atoms with Crippen molar-refractivity contribution < 1.29 is 9.53 Å². The average molecular weight is 273 g/mol. The first-order valence-electron chi connectivity index (χ1n) is 6.83. The molecule has 0 unspecified atom stereocenters. The van der Waals surface area contributed by atoms with E-state index in [1.54, 1.807) is 4.90 Å². The third kappa shape index (κ3) is 2.48. The summed E-state index contributed by atoms with van der Waals surface area (Å²) in [5.74, 6) is 0.356. The summed E-state index contributed by atoms with van der Waals surface area (Å²) in [6, 6.07) is 4.14. The number of fused-ring (bicyclic) bond motifs is 1. The van der Waals surface area contributed by atoms with Gasteiger partial charge in [-0.15, -0.1) is 0 Å². The van der Waals surface area contributed by atoms with Crippen LogP contribution in [0.25, 0.3) is 11.0 Å². The van der Waals surface area contributed by atoms with Crippen molar-refractivity contribution in [1.29, 1.82) is 0 Å². The summed E-state index contributed by atoms with van der Waals surface area (Å²) in [4.78, 5) is 21.1. The number of pyridine rings is 1. The van der Waals surface area contributed by atoms with Crippen LogP contribution in [0.4, 0.5) is 4.79 Å². The molecule has 0 atom stereocenters. The van der Waals surface area contributed by atoms with Crippen LogP contribution in [-0.2, 0) is 4.74 Å². The van der Waals surface area contributed by atoms with Crippen LogP contribution in [0.2, 0.25) is 0 Å². The van der Waals surface area contributed by atoms with E-state index in [0.29, 0.717) is 19.0 Å². The van der Waals surface area contributed by atoms with Gasteiger partial charge in [-0.05, 0) is 38.5 Å². The maximum atomic E-state index is 11.9. The predicted molar refractivity (Wildman–Crippen MR) is 76.6 cm³/mol. The lowest BCUT2D eigenvalue weighted by molar-refractivity contribution is 0.00818. The predicted octanol–water partition coefficient (Wildman–Crippen LogP) is 2.90. The Kier molecular flexibility index (Phi) is 2.92. The first-order valence-corrected chi connectivity index (χ1v) is 6.83. The number of carbonyl (C=O) groups is 1. The van der Waals surface area contributed by atoms with Gasteiger partial charge in [-0.25, -0.2) is 9.78 Å². The highest BCUT2D eigenvalue weighted by Gasteiger charge is 2.34. The van der Waals surface area contributed by atoms with Crippen LogP contribution in [0, 0.1) is 0 Å². The highest BCUT2D eigenvalue weighted by molar-refractivity contribution is 5.76. The Balaban J connectivity index is 1.63. The minimum Gasteiger partial charge on any atom is -0.444 e. The SMILES string of the molecule is CC(C)(C)OC(=O)N1CC(c2cnc3[nH]ccc3c2)C1. The second-order valence-corrected chi connectivity index (χ2v) is 6.27. The number of nitrogens with one attached hydrogen (secondary N) is 1. The summed E-state index contributed by atoms with van der Waals surface area (Å²) in [6.45, 7) is 7.04. The van der Waals surface area contributed by atoms with Gasteiger partial charge in [0, 0.05) is 36.8 Å². The second kappa shape index (κ2) is 4.51. The van der Waals surface area contributed by atoms with Crippen molar-refractivity contribution in [2.75, 3.05) is 13.1 Å². The zero-order valence-electron chi connectivity index (χ0n) is 12.0. The van der Waals surface area contributed by atoms with E-state index in [9.17, 15) is 4.79 Å². The number of rotatable bonds is 1. The van der Waals surface area contributed by atoms with E-state index in [-0.39, 0.29) is 6.09 Å². The fraction of sp³-hybridized carbons (Fsp3) is 0.467. The van der Waals surface area contributed by atoms with Gasteiger partial charge in [-0.1, -0.05) is 0 Å². The van der Waals surface area contributed by atoms with Gasteiger partial charge < -0.3 is 14.6 Å². The molecule has 2 aromatic rings. The fourth-order valence-electron chi connectivity index (χ4n) is 2.35. The Hall–Kier alpha value is -2.04. The number of nitrogens with zero attached hydrogens (tertiary/aromatic N) is 2. The molecular weight excluding hydrogens is 254 g/mol. The lowest BCUT2D eigenvalue weighted by Crippen LogP contribution is -2.50.